The molecule has 3 heterocycles. The molecule has 0 radical (unpaired) electrons. The van der Waals surface area contributed by atoms with Crippen LogP contribution in [0.1, 0.15) is 45.1 Å². The molecule has 6 nitrogen and oxygen atoms in total. The Morgan fingerprint density at radius 3 is 2.67 bits per heavy atom. The average molecular weight is 335 g/mol. The Morgan fingerprint density at radius 1 is 1.21 bits per heavy atom. The van der Waals surface area contributed by atoms with Gasteiger partial charge in [-0.05, 0) is 12.8 Å². The number of rotatable bonds is 4. The maximum Gasteiger partial charge on any atom is 0.136 e. The zero-order valence-electron chi connectivity index (χ0n) is 15.2. The molecule has 134 valence electrons. The third-order valence-electron chi connectivity index (χ3n) is 4.53. The minimum absolute atomic E-state index is 0.0985. The summed E-state index contributed by atoms with van der Waals surface area (Å²) in [7, 11) is 1.70. The highest BCUT2D eigenvalue weighted by atomic mass is 16.5. The first-order chi connectivity index (χ1) is 11.5. The Labute approximate surface area is 144 Å². The van der Waals surface area contributed by atoms with Crippen molar-refractivity contribution in [2.24, 2.45) is 0 Å². The van der Waals surface area contributed by atoms with Gasteiger partial charge in [0.15, 0.2) is 0 Å². The van der Waals surface area contributed by atoms with Crippen molar-refractivity contribution in [3.63, 3.8) is 0 Å². The van der Waals surface area contributed by atoms with Gasteiger partial charge in [-0.25, -0.2) is 9.97 Å². The van der Waals surface area contributed by atoms with Crippen LogP contribution in [0.4, 0.5) is 5.82 Å². The first-order valence-electron chi connectivity index (χ1n) is 8.83. The van der Waals surface area contributed by atoms with Crippen molar-refractivity contribution in [3.8, 4) is 0 Å². The first kappa shape index (κ1) is 17.6. The van der Waals surface area contributed by atoms with Crippen LogP contribution in [-0.2, 0) is 26.2 Å². The summed E-state index contributed by atoms with van der Waals surface area (Å²) in [5.74, 6) is 1.82. The Hall–Kier alpha value is -1.24. The highest BCUT2D eigenvalue weighted by Gasteiger charge is 2.32. The van der Waals surface area contributed by atoms with E-state index in [9.17, 15) is 0 Å². The molecule has 3 rings (SSSR count). The molecular weight excluding hydrogens is 306 g/mol. The van der Waals surface area contributed by atoms with Crippen LogP contribution in [-0.4, -0.2) is 55.6 Å². The Kier molecular flexibility index (Phi) is 5.37. The van der Waals surface area contributed by atoms with Gasteiger partial charge in [-0.2, -0.15) is 0 Å². The summed E-state index contributed by atoms with van der Waals surface area (Å²) >= 11 is 0. The van der Waals surface area contributed by atoms with Gasteiger partial charge in [-0.15, -0.1) is 0 Å². The van der Waals surface area contributed by atoms with E-state index in [1.807, 2.05) is 6.07 Å². The number of hydrogen-bond donors (Lipinski definition) is 0. The van der Waals surface area contributed by atoms with E-state index in [4.69, 9.17) is 19.2 Å². The fraction of sp³-hybridized carbons (Fsp3) is 0.778. The van der Waals surface area contributed by atoms with Gasteiger partial charge >= 0.3 is 0 Å². The molecule has 2 saturated heterocycles. The highest BCUT2D eigenvalue weighted by molar-refractivity contribution is 5.41. The van der Waals surface area contributed by atoms with E-state index in [0.29, 0.717) is 13.2 Å². The lowest BCUT2D eigenvalue weighted by Gasteiger charge is -2.36. The largest absolute Gasteiger partial charge is 0.378 e. The molecule has 2 aliphatic rings. The Morgan fingerprint density at radius 2 is 2.00 bits per heavy atom. The van der Waals surface area contributed by atoms with Crippen LogP contribution in [0.2, 0.25) is 0 Å². The third kappa shape index (κ3) is 4.05. The summed E-state index contributed by atoms with van der Waals surface area (Å²) in [6, 6.07) is 2.04. The molecule has 6 heteroatoms. The lowest BCUT2D eigenvalue weighted by Crippen LogP contribution is -2.48. The molecule has 1 aromatic heterocycles. The molecule has 0 aliphatic carbocycles. The molecule has 2 atom stereocenters. The standard InChI is InChI=1S/C18H29N3O3/c1-18(2,3)17-19-13(12-22-4)10-16(20-17)21-7-9-24-15(11-21)14-6-5-8-23-14/h10,14-15H,5-9,11-12H2,1-4H3. The van der Waals surface area contributed by atoms with Crippen molar-refractivity contribution >= 4 is 5.82 Å². The third-order valence-corrected chi connectivity index (χ3v) is 4.53. The van der Waals surface area contributed by atoms with E-state index < -0.39 is 0 Å². The van der Waals surface area contributed by atoms with Gasteiger partial charge in [-0.1, -0.05) is 20.8 Å². The van der Waals surface area contributed by atoms with E-state index >= 15 is 0 Å². The van der Waals surface area contributed by atoms with E-state index in [2.05, 4.69) is 30.7 Å². The summed E-state index contributed by atoms with van der Waals surface area (Å²) in [4.78, 5) is 11.8. The summed E-state index contributed by atoms with van der Waals surface area (Å²) in [5.41, 5.74) is 0.825. The van der Waals surface area contributed by atoms with Crippen LogP contribution in [0.15, 0.2) is 6.07 Å². The monoisotopic (exact) mass is 335 g/mol. The van der Waals surface area contributed by atoms with Crippen LogP contribution in [0, 0.1) is 0 Å². The molecule has 0 N–H and O–H groups in total. The zero-order chi connectivity index (χ0) is 17.2. The smallest absolute Gasteiger partial charge is 0.136 e. The molecular formula is C18H29N3O3. The summed E-state index contributed by atoms with van der Waals surface area (Å²) in [5, 5.41) is 0. The maximum absolute atomic E-state index is 5.95. The summed E-state index contributed by atoms with van der Waals surface area (Å²) in [6.45, 7) is 10.1. The summed E-state index contributed by atoms with van der Waals surface area (Å²) < 4.78 is 17.1. The van der Waals surface area contributed by atoms with Gasteiger partial charge in [0.25, 0.3) is 0 Å². The number of methoxy groups -OCH3 is 1. The molecule has 0 amide bonds. The lowest BCUT2D eigenvalue weighted by molar-refractivity contribution is -0.0544. The number of morpholine rings is 1. The number of ether oxygens (including phenoxy) is 3. The van der Waals surface area contributed by atoms with Crippen LogP contribution >= 0.6 is 0 Å². The van der Waals surface area contributed by atoms with E-state index in [-0.39, 0.29) is 17.6 Å². The second-order valence-electron chi connectivity index (χ2n) is 7.63. The molecule has 0 aromatic carbocycles. The Bertz CT molecular complexity index is 553. The van der Waals surface area contributed by atoms with Crippen molar-refractivity contribution in [3.05, 3.63) is 17.6 Å². The van der Waals surface area contributed by atoms with E-state index in [0.717, 1.165) is 49.9 Å². The van der Waals surface area contributed by atoms with Gasteiger partial charge in [-0.3, -0.25) is 0 Å². The highest BCUT2D eigenvalue weighted by Crippen LogP contribution is 2.26. The number of aromatic nitrogens is 2. The van der Waals surface area contributed by atoms with Gasteiger partial charge < -0.3 is 19.1 Å². The molecule has 0 saturated carbocycles. The lowest BCUT2D eigenvalue weighted by atomic mass is 9.95. The molecule has 24 heavy (non-hydrogen) atoms. The van der Waals surface area contributed by atoms with Crippen molar-refractivity contribution in [1.82, 2.24) is 9.97 Å². The molecule has 2 fully saturated rings. The molecule has 1 aromatic rings. The predicted octanol–water partition coefficient (Wildman–Crippen LogP) is 2.30. The Balaban J connectivity index is 1.82. The minimum atomic E-state index is -0.0985. The number of nitrogens with zero attached hydrogens (tertiary/aromatic N) is 3. The minimum Gasteiger partial charge on any atom is -0.378 e. The predicted molar refractivity (Wildman–Crippen MR) is 92.4 cm³/mol. The maximum atomic E-state index is 5.95. The first-order valence-corrected chi connectivity index (χ1v) is 8.83. The van der Waals surface area contributed by atoms with E-state index in [1.165, 1.54) is 0 Å². The van der Waals surface area contributed by atoms with Crippen LogP contribution in [0.3, 0.4) is 0 Å². The average Bonchev–Trinajstić information content (AvgIpc) is 3.09. The van der Waals surface area contributed by atoms with Crippen molar-refractivity contribution in [2.45, 2.75) is 57.8 Å². The fourth-order valence-corrected chi connectivity index (χ4v) is 3.21. The van der Waals surface area contributed by atoms with Crippen LogP contribution in [0.25, 0.3) is 0 Å². The topological polar surface area (TPSA) is 56.7 Å². The number of hydrogen-bond acceptors (Lipinski definition) is 6. The molecule has 0 bridgehead atoms. The van der Waals surface area contributed by atoms with Crippen molar-refractivity contribution < 1.29 is 14.2 Å². The van der Waals surface area contributed by atoms with Crippen molar-refractivity contribution in [2.75, 3.05) is 38.3 Å². The van der Waals surface area contributed by atoms with Gasteiger partial charge in [0, 0.05) is 38.3 Å². The zero-order valence-corrected chi connectivity index (χ0v) is 15.2. The molecule has 2 unspecified atom stereocenters. The quantitative estimate of drug-likeness (QED) is 0.841. The second-order valence-corrected chi connectivity index (χ2v) is 7.63. The number of anilines is 1. The van der Waals surface area contributed by atoms with Gasteiger partial charge in [0.05, 0.1) is 25.0 Å². The van der Waals surface area contributed by atoms with E-state index in [1.54, 1.807) is 7.11 Å². The normalized spacial score (nSPS) is 25.2. The van der Waals surface area contributed by atoms with Gasteiger partial charge in [0.2, 0.25) is 0 Å². The summed E-state index contributed by atoms with van der Waals surface area (Å²) in [6.07, 6.45) is 2.56. The van der Waals surface area contributed by atoms with Gasteiger partial charge in [0.1, 0.15) is 17.7 Å². The van der Waals surface area contributed by atoms with Crippen molar-refractivity contribution in [1.29, 1.82) is 0 Å². The van der Waals surface area contributed by atoms with Crippen LogP contribution in [0.5, 0.6) is 0 Å². The SMILES string of the molecule is COCc1cc(N2CCOC(C3CCCO3)C2)nc(C(C)(C)C)n1. The second kappa shape index (κ2) is 7.33. The van der Waals surface area contributed by atoms with Crippen LogP contribution < -0.4 is 4.90 Å². The molecule has 0 spiro atoms. The fourth-order valence-electron chi connectivity index (χ4n) is 3.21. The molecule has 2 aliphatic heterocycles.